The highest BCUT2D eigenvalue weighted by molar-refractivity contribution is 7.47. The number of carbonyl (C=O) groups is 4. The van der Waals surface area contributed by atoms with E-state index in [2.05, 4.69) is 55.4 Å². The zero-order valence-electron chi connectivity index (χ0n) is 58.1. The fourth-order valence-corrected chi connectivity index (χ4v) is 12.0. The maximum Gasteiger partial charge on any atom is 0.472 e. The Bertz CT molecular complexity index is 1770. The molecule has 3 N–H and O–H groups in total. The van der Waals surface area contributed by atoms with Crippen molar-refractivity contribution >= 4 is 39.5 Å². The van der Waals surface area contributed by atoms with Crippen LogP contribution in [-0.4, -0.2) is 96.7 Å². The number of hydrogen-bond acceptors (Lipinski definition) is 15. The molecule has 17 nitrogen and oxygen atoms in total. The summed E-state index contributed by atoms with van der Waals surface area (Å²) in [6.07, 6.45) is 42.0. The second-order valence-electron chi connectivity index (χ2n) is 26.9. The molecule has 0 aliphatic carbocycles. The number of hydrogen-bond donors (Lipinski definition) is 3. The predicted octanol–water partition coefficient (Wildman–Crippen LogP) is 19.7. The molecule has 0 bridgehead atoms. The lowest BCUT2D eigenvalue weighted by atomic mass is 9.99. The summed E-state index contributed by atoms with van der Waals surface area (Å²) in [6, 6.07) is 0. The molecular weight excluding hydrogens is 1170 g/mol. The van der Waals surface area contributed by atoms with Crippen LogP contribution in [0.15, 0.2) is 0 Å². The van der Waals surface area contributed by atoms with Crippen molar-refractivity contribution in [3.8, 4) is 0 Å². The van der Waals surface area contributed by atoms with Gasteiger partial charge >= 0.3 is 39.5 Å². The molecule has 528 valence electrons. The standard InChI is InChI=1S/C70H136O17P2/c1-9-63(8)49-41-33-24-19-20-26-36-44-52-69(74)86-66(57-81-68(73)51-43-35-29-28-32-40-48-62(6)7)59-85-89(78,79)83-55-64(71)54-82-88(76,77)84-58-65(87-70(75)53-45-37-27-21-23-31-39-47-61(4)5)56-80-67(72)50-42-34-25-18-16-14-12-10-11-13-15-17-22-30-38-46-60(2)3/h60-66,71H,9-59H2,1-8H3,(H,76,77)(H,78,79)/t63?,64-,65-,66-/m1/s1. The highest BCUT2D eigenvalue weighted by Gasteiger charge is 2.30. The molecule has 0 amide bonds. The van der Waals surface area contributed by atoms with Crippen LogP contribution in [0.2, 0.25) is 0 Å². The molecule has 0 aromatic rings. The normalized spacial score (nSPS) is 14.6. The second-order valence-corrected chi connectivity index (χ2v) is 29.8. The first-order chi connectivity index (χ1) is 42.6. The van der Waals surface area contributed by atoms with Gasteiger partial charge in [-0.15, -0.1) is 0 Å². The Balaban J connectivity index is 5.18. The SMILES string of the molecule is CCC(C)CCCCCCCCCCC(=O)O[C@H](COC(=O)CCCCCCCCC(C)C)COP(=O)(O)OC[C@H](O)COP(=O)(O)OC[C@@H](COC(=O)CCCCCCCCCCCCCCCCCC(C)C)OC(=O)CCCCCCCCCC(C)C. The number of esters is 4. The van der Waals surface area contributed by atoms with Gasteiger partial charge < -0.3 is 33.8 Å². The minimum atomic E-state index is -4.95. The number of unbranched alkanes of at least 4 members (excludes halogenated alkanes) is 32. The number of aliphatic hydroxyl groups is 1. The van der Waals surface area contributed by atoms with E-state index >= 15 is 0 Å². The van der Waals surface area contributed by atoms with Crippen LogP contribution >= 0.6 is 15.6 Å². The molecule has 0 saturated carbocycles. The monoisotopic (exact) mass is 1310 g/mol. The van der Waals surface area contributed by atoms with Gasteiger partial charge in [0.15, 0.2) is 12.2 Å². The average Bonchev–Trinajstić information content (AvgIpc) is 3.68. The lowest BCUT2D eigenvalue weighted by Crippen LogP contribution is -2.30. The predicted molar refractivity (Wildman–Crippen MR) is 358 cm³/mol. The largest absolute Gasteiger partial charge is 0.472 e. The summed E-state index contributed by atoms with van der Waals surface area (Å²) in [5, 5.41) is 10.6. The Labute approximate surface area is 543 Å². The number of phosphoric ester groups is 2. The molecule has 0 aliphatic rings. The molecule has 19 heteroatoms. The molecule has 0 rings (SSSR count). The van der Waals surface area contributed by atoms with Crippen molar-refractivity contribution in [2.75, 3.05) is 39.6 Å². The summed E-state index contributed by atoms with van der Waals surface area (Å²) in [7, 11) is -9.90. The molecule has 0 radical (unpaired) electrons. The third-order valence-corrected chi connectivity index (χ3v) is 18.3. The fraction of sp³-hybridized carbons (Fsp3) is 0.943. The lowest BCUT2D eigenvalue weighted by Gasteiger charge is -2.21. The summed E-state index contributed by atoms with van der Waals surface area (Å²) >= 11 is 0. The zero-order chi connectivity index (χ0) is 66.1. The Hall–Kier alpha value is -1.94. The van der Waals surface area contributed by atoms with Crippen molar-refractivity contribution in [1.82, 2.24) is 0 Å². The molecule has 0 aliphatic heterocycles. The molecule has 0 aromatic heterocycles. The topological polar surface area (TPSA) is 237 Å². The first-order valence-corrected chi connectivity index (χ1v) is 39.2. The van der Waals surface area contributed by atoms with Crippen LogP contribution in [-0.2, 0) is 65.4 Å². The molecule has 89 heavy (non-hydrogen) atoms. The van der Waals surface area contributed by atoms with Gasteiger partial charge in [-0.25, -0.2) is 9.13 Å². The molecule has 3 unspecified atom stereocenters. The van der Waals surface area contributed by atoms with E-state index in [9.17, 15) is 43.2 Å². The molecule has 6 atom stereocenters. The summed E-state index contributed by atoms with van der Waals surface area (Å²) in [4.78, 5) is 72.4. The van der Waals surface area contributed by atoms with Crippen molar-refractivity contribution in [2.24, 2.45) is 23.7 Å². The van der Waals surface area contributed by atoms with Crippen molar-refractivity contribution in [1.29, 1.82) is 0 Å². The van der Waals surface area contributed by atoms with Crippen molar-refractivity contribution < 1.29 is 80.2 Å². The van der Waals surface area contributed by atoms with Crippen LogP contribution in [0.1, 0.15) is 344 Å². The van der Waals surface area contributed by atoms with Gasteiger partial charge in [-0.3, -0.25) is 37.3 Å². The van der Waals surface area contributed by atoms with E-state index in [0.717, 1.165) is 108 Å². The van der Waals surface area contributed by atoms with Crippen LogP contribution in [0.25, 0.3) is 0 Å². The van der Waals surface area contributed by atoms with Crippen LogP contribution in [0.4, 0.5) is 0 Å². The smallest absolute Gasteiger partial charge is 0.462 e. The van der Waals surface area contributed by atoms with Gasteiger partial charge in [0, 0.05) is 25.7 Å². The second kappa shape index (κ2) is 59.8. The van der Waals surface area contributed by atoms with E-state index in [1.54, 1.807) is 0 Å². The van der Waals surface area contributed by atoms with Gasteiger partial charge in [-0.1, -0.05) is 293 Å². The Kier molecular flexibility index (Phi) is 58.5. The maximum absolute atomic E-state index is 13.0. The average molecular weight is 1310 g/mol. The van der Waals surface area contributed by atoms with Crippen LogP contribution in [0.3, 0.4) is 0 Å². The van der Waals surface area contributed by atoms with E-state index in [1.165, 1.54) is 141 Å². The molecule has 0 spiro atoms. The first kappa shape index (κ1) is 87.1. The van der Waals surface area contributed by atoms with E-state index in [0.29, 0.717) is 37.5 Å². The number of rotatable bonds is 67. The Morgan fingerprint density at radius 2 is 0.539 bits per heavy atom. The summed E-state index contributed by atoms with van der Waals surface area (Å²) in [5.41, 5.74) is 0. The molecular formula is C70H136O17P2. The number of phosphoric acid groups is 2. The number of aliphatic hydroxyl groups excluding tert-OH is 1. The third-order valence-electron chi connectivity index (χ3n) is 16.4. The summed E-state index contributed by atoms with van der Waals surface area (Å²) < 4.78 is 68.2. The number of ether oxygens (including phenoxy) is 4. The molecule has 0 aromatic carbocycles. The quantitative estimate of drug-likeness (QED) is 0.0222. The van der Waals surface area contributed by atoms with Gasteiger partial charge in [-0.05, 0) is 49.4 Å². The summed E-state index contributed by atoms with van der Waals surface area (Å²) in [6.45, 7) is 14.0. The minimum Gasteiger partial charge on any atom is -0.462 e. The van der Waals surface area contributed by atoms with Gasteiger partial charge in [0.25, 0.3) is 0 Å². The van der Waals surface area contributed by atoms with Crippen molar-refractivity contribution in [2.45, 2.75) is 363 Å². The van der Waals surface area contributed by atoms with Crippen molar-refractivity contribution in [3.63, 3.8) is 0 Å². The van der Waals surface area contributed by atoms with Gasteiger partial charge in [0.2, 0.25) is 0 Å². The maximum atomic E-state index is 13.0. The molecule has 0 heterocycles. The van der Waals surface area contributed by atoms with Crippen LogP contribution in [0.5, 0.6) is 0 Å². The zero-order valence-corrected chi connectivity index (χ0v) is 59.8. The Morgan fingerprint density at radius 1 is 0.315 bits per heavy atom. The highest BCUT2D eigenvalue weighted by atomic mass is 31.2. The van der Waals surface area contributed by atoms with E-state index < -0.39 is 97.5 Å². The highest BCUT2D eigenvalue weighted by Crippen LogP contribution is 2.45. The fourth-order valence-electron chi connectivity index (χ4n) is 10.5. The van der Waals surface area contributed by atoms with Crippen molar-refractivity contribution in [3.05, 3.63) is 0 Å². The van der Waals surface area contributed by atoms with E-state index in [4.69, 9.17) is 37.0 Å². The van der Waals surface area contributed by atoms with Gasteiger partial charge in [0.1, 0.15) is 19.3 Å². The summed E-state index contributed by atoms with van der Waals surface area (Å²) in [5.74, 6) is 0.816. The van der Waals surface area contributed by atoms with E-state index in [1.807, 2.05) is 0 Å². The Morgan fingerprint density at radius 3 is 0.798 bits per heavy atom. The number of carbonyl (C=O) groups excluding carboxylic acids is 4. The first-order valence-electron chi connectivity index (χ1n) is 36.2. The van der Waals surface area contributed by atoms with Gasteiger partial charge in [-0.2, -0.15) is 0 Å². The van der Waals surface area contributed by atoms with E-state index in [-0.39, 0.29) is 25.7 Å². The van der Waals surface area contributed by atoms with Crippen LogP contribution < -0.4 is 0 Å². The lowest BCUT2D eigenvalue weighted by molar-refractivity contribution is -0.161. The van der Waals surface area contributed by atoms with Crippen LogP contribution in [0, 0.1) is 23.7 Å². The third kappa shape index (κ3) is 63.2. The van der Waals surface area contributed by atoms with Gasteiger partial charge in [0.05, 0.1) is 26.4 Å². The minimum absolute atomic E-state index is 0.103. The molecule has 0 fully saturated rings. The molecule has 0 saturated heterocycles.